The molecule has 0 radical (unpaired) electrons. The molecule has 0 atom stereocenters. The van der Waals surface area contributed by atoms with E-state index < -0.39 is 0 Å². The van der Waals surface area contributed by atoms with Gasteiger partial charge in [-0.1, -0.05) is 128 Å². The fourth-order valence-corrected chi connectivity index (χ4v) is 12.6. The monoisotopic (exact) mass is 739 g/mol. The zero-order valence-electron chi connectivity index (χ0n) is 32.7. The van der Waals surface area contributed by atoms with Crippen LogP contribution in [-0.4, -0.2) is 0 Å². The molecule has 13 rings (SSSR count). The Balaban J connectivity index is 1.01. The third kappa shape index (κ3) is 5.58. The molecule has 8 aromatic rings. The van der Waals surface area contributed by atoms with Gasteiger partial charge in [-0.15, -0.1) is 0 Å². The second-order valence-electron chi connectivity index (χ2n) is 18.2. The minimum absolute atomic E-state index is 0.369. The normalized spacial score (nSPS) is 22.9. The van der Waals surface area contributed by atoms with Crippen LogP contribution in [0.3, 0.4) is 0 Å². The molecule has 1 aromatic heterocycles. The van der Waals surface area contributed by atoms with E-state index in [0.717, 1.165) is 34.6 Å². The minimum Gasteiger partial charge on any atom is -0.455 e. The summed E-state index contributed by atoms with van der Waals surface area (Å²) >= 11 is 0. The van der Waals surface area contributed by atoms with E-state index in [1.54, 1.807) is 5.56 Å². The lowest BCUT2D eigenvalue weighted by Crippen LogP contribution is -2.48. The summed E-state index contributed by atoms with van der Waals surface area (Å²) in [5.74, 6) is 3.37. The number of benzene rings is 7. The Labute approximate surface area is 336 Å². The molecule has 5 fully saturated rings. The summed E-state index contributed by atoms with van der Waals surface area (Å²) in [7, 11) is 0. The van der Waals surface area contributed by atoms with Crippen molar-refractivity contribution in [2.75, 3.05) is 4.90 Å². The number of fused-ring (bicyclic) bond motifs is 5. The van der Waals surface area contributed by atoms with Crippen molar-refractivity contribution in [2.45, 2.75) is 75.5 Å². The maximum Gasteiger partial charge on any atom is 0.143 e. The highest BCUT2D eigenvalue weighted by Crippen LogP contribution is 2.61. The van der Waals surface area contributed by atoms with Gasteiger partial charge in [0.25, 0.3) is 0 Å². The average molecular weight is 740 g/mol. The third-order valence-corrected chi connectivity index (χ3v) is 14.8. The summed E-state index contributed by atoms with van der Waals surface area (Å²) in [5, 5.41) is 4.91. The molecule has 5 aliphatic carbocycles. The van der Waals surface area contributed by atoms with E-state index in [0.29, 0.717) is 11.3 Å². The van der Waals surface area contributed by atoms with E-state index in [4.69, 9.17) is 4.42 Å². The van der Waals surface area contributed by atoms with E-state index in [2.05, 4.69) is 157 Å². The SMILES string of the molecule is c1ccc(-c2ccc(-c3ccc(N(c4ccc(C56CC7CC(CC(C7)C5)C6)cc4)c4cc5c(oc6cccc(C7CCCC7)c65)c5ccccc45)cc3)cc2)cc1. The molecule has 2 nitrogen and oxygen atoms in total. The van der Waals surface area contributed by atoms with Gasteiger partial charge in [0.05, 0.1) is 5.69 Å². The number of hydrogen-bond acceptors (Lipinski definition) is 2. The van der Waals surface area contributed by atoms with E-state index in [-0.39, 0.29) is 0 Å². The highest BCUT2D eigenvalue weighted by Gasteiger charge is 2.51. The van der Waals surface area contributed by atoms with Gasteiger partial charge in [-0.2, -0.15) is 0 Å². The zero-order chi connectivity index (χ0) is 37.5. The molecule has 0 saturated heterocycles. The van der Waals surface area contributed by atoms with Gasteiger partial charge < -0.3 is 9.32 Å². The van der Waals surface area contributed by atoms with Crippen LogP contribution >= 0.6 is 0 Å². The van der Waals surface area contributed by atoms with Gasteiger partial charge in [-0.3, -0.25) is 0 Å². The van der Waals surface area contributed by atoms with E-state index in [9.17, 15) is 0 Å². The molecule has 0 N–H and O–H groups in total. The zero-order valence-corrected chi connectivity index (χ0v) is 32.7. The fourth-order valence-electron chi connectivity index (χ4n) is 12.6. The smallest absolute Gasteiger partial charge is 0.143 e. The molecule has 0 unspecified atom stereocenters. The molecule has 2 heteroatoms. The molecule has 57 heavy (non-hydrogen) atoms. The third-order valence-electron chi connectivity index (χ3n) is 14.8. The standard InChI is InChI=1S/C55H49NO/c1-2-9-39(10-3-1)40-17-19-41(20-18-40)42-21-25-45(26-22-42)56(46-27-23-44(24-28-46)55-33-36-29-37(34-55)31-38(30-36)35-55)51-32-50-53-47(43-11-4-5-12-43)15-8-16-52(53)57-54(50)49-14-7-6-13-48(49)51/h1-3,6-10,13-28,32,36-38,43H,4-5,11-12,29-31,33-35H2. The van der Waals surface area contributed by atoms with Crippen molar-refractivity contribution in [1.29, 1.82) is 0 Å². The number of hydrogen-bond donors (Lipinski definition) is 0. The molecule has 1 heterocycles. The Hall–Kier alpha value is -5.60. The largest absolute Gasteiger partial charge is 0.455 e. The Kier molecular flexibility index (Phi) is 7.79. The van der Waals surface area contributed by atoms with Crippen LogP contribution < -0.4 is 4.90 Å². The Morgan fingerprint density at radius 2 is 1.04 bits per heavy atom. The van der Waals surface area contributed by atoms with Gasteiger partial charge in [-0.25, -0.2) is 0 Å². The van der Waals surface area contributed by atoms with Crippen LogP contribution in [0, 0.1) is 17.8 Å². The lowest BCUT2D eigenvalue weighted by atomic mass is 9.48. The van der Waals surface area contributed by atoms with Crippen LogP contribution in [-0.2, 0) is 5.41 Å². The average Bonchev–Trinajstić information content (AvgIpc) is 3.94. The Morgan fingerprint density at radius 1 is 0.491 bits per heavy atom. The summed E-state index contributed by atoms with van der Waals surface area (Å²) in [6.45, 7) is 0. The summed E-state index contributed by atoms with van der Waals surface area (Å²) in [6, 6.07) is 56.9. The number of furan rings is 1. The van der Waals surface area contributed by atoms with Gasteiger partial charge in [0.1, 0.15) is 11.2 Å². The summed E-state index contributed by atoms with van der Waals surface area (Å²) in [5.41, 5.74) is 13.9. The maximum atomic E-state index is 6.83. The second kappa shape index (κ2) is 13.2. The second-order valence-corrected chi connectivity index (χ2v) is 18.2. The molecule has 0 aliphatic heterocycles. The highest BCUT2D eigenvalue weighted by molar-refractivity contribution is 6.20. The lowest BCUT2D eigenvalue weighted by Gasteiger charge is -2.57. The fraction of sp³-hybridized carbons (Fsp3) is 0.273. The van der Waals surface area contributed by atoms with E-state index in [1.165, 1.54) is 125 Å². The predicted molar refractivity (Wildman–Crippen MR) is 238 cm³/mol. The summed E-state index contributed by atoms with van der Waals surface area (Å²) < 4.78 is 6.83. The Bertz CT molecular complexity index is 2720. The number of rotatable bonds is 7. The molecule has 5 saturated carbocycles. The predicted octanol–water partition coefficient (Wildman–Crippen LogP) is 15.7. The minimum atomic E-state index is 0.369. The summed E-state index contributed by atoms with van der Waals surface area (Å²) in [4.78, 5) is 2.52. The van der Waals surface area contributed by atoms with Gasteiger partial charge in [0.2, 0.25) is 0 Å². The van der Waals surface area contributed by atoms with Crippen molar-refractivity contribution in [3.63, 3.8) is 0 Å². The topological polar surface area (TPSA) is 16.4 Å². The van der Waals surface area contributed by atoms with Crippen molar-refractivity contribution in [1.82, 2.24) is 0 Å². The first kappa shape index (κ1) is 33.5. The number of nitrogens with zero attached hydrogens (tertiary/aromatic N) is 1. The molecule has 0 amide bonds. The van der Waals surface area contributed by atoms with Gasteiger partial charge >= 0.3 is 0 Å². The van der Waals surface area contributed by atoms with Gasteiger partial charge in [-0.05, 0) is 150 Å². The molecule has 0 spiro atoms. The molecular formula is C55H49NO. The van der Waals surface area contributed by atoms with Crippen LogP contribution in [0.25, 0.3) is 55.0 Å². The molecular weight excluding hydrogens is 691 g/mol. The van der Waals surface area contributed by atoms with Crippen LogP contribution in [0.5, 0.6) is 0 Å². The van der Waals surface area contributed by atoms with Crippen molar-refractivity contribution in [2.24, 2.45) is 17.8 Å². The summed E-state index contributed by atoms with van der Waals surface area (Å²) in [6.07, 6.45) is 13.7. The van der Waals surface area contributed by atoms with E-state index >= 15 is 0 Å². The first-order chi connectivity index (χ1) is 28.2. The van der Waals surface area contributed by atoms with Crippen molar-refractivity contribution in [3.8, 4) is 22.3 Å². The first-order valence-corrected chi connectivity index (χ1v) is 21.7. The van der Waals surface area contributed by atoms with Crippen LogP contribution in [0.15, 0.2) is 156 Å². The van der Waals surface area contributed by atoms with Gasteiger partial charge in [0.15, 0.2) is 0 Å². The number of anilines is 3. The maximum absolute atomic E-state index is 6.83. The van der Waals surface area contributed by atoms with Crippen molar-refractivity contribution in [3.05, 3.63) is 163 Å². The highest BCUT2D eigenvalue weighted by atomic mass is 16.3. The molecule has 4 bridgehead atoms. The molecule has 5 aliphatic rings. The van der Waals surface area contributed by atoms with Crippen molar-refractivity contribution >= 4 is 49.8 Å². The Morgan fingerprint density at radius 3 is 1.67 bits per heavy atom. The van der Waals surface area contributed by atoms with Crippen LogP contribution in [0.4, 0.5) is 17.1 Å². The molecule has 280 valence electrons. The van der Waals surface area contributed by atoms with E-state index in [1.807, 2.05) is 0 Å². The quantitative estimate of drug-likeness (QED) is 0.162. The van der Waals surface area contributed by atoms with Crippen LogP contribution in [0.2, 0.25) is 0 Å². The first-order valence-electron chi connectivity index (χ1n) is 21.7. The van der Waals surface area contributed by atoms with Crippen molar-refractivity contribution < 1.29 is 4.42 Å². The van der Waals surface area contributed by atoms with Gasteiger partial charge in [0, 0.05) is 32.9 Å². The molecule has 7 aromatic carbocycles. The van der Waals surface area contributed by atoms with Crippen LogP contribution in [0.1, 0.15) is 81.3 Å². The lowest BCUT2D eigenvalue weighted by molar-refractivity contribution is -0.00518.